The third kappa shape index (κ3) is 3.23. The summed E-state index contributed by atoms with van der Waals surface area (Å²) in [6.45, 7) is 5.11. The van der Waals surface area contributed by atoms with Crippen molar-refractivity contribution in [3.05, 3.63) is 17.5 Å². The molecule has 7 nitrogen and oxygen atoms in total. The summed E-state index contributed by atoms with van der Waals surface area (Å²) in [6.07, 6.45) is 0.731. The van der Waals surface area contributed by atoms with E-state index in [9.17, 15) is 9.59 Å². The molecular formula is C13H19N5O2. The maximum Gasteiger partial charge on any atom is 0.273 e. The second kappa shape index (κ2) is 5.85. The van der Waals surface area contributed by atoms with Crippen molar-refractivity contribution in [2.75, 3.05) is 25.4 Å². The molecule has 0 aromatic carbocycles. The minimum Gasteiger partial charge on any atom is -0.368 e. The van der Waals surface area contributed by atoms with Crippen LogP contribution in [0.3, 0.4) is 0 Å². The zero-order valence-corrected chi connectivity index (χ0v) is 11.7. The summed E-state index contributed by atoms with van der Waals surface area (Å²) in [5.41, 5.74) is 6.62. The van der Waals surface area contributed by atoms with Gasteiger partial charge in [-0.1, -0.05) is 13.8 Å². The standard InChI is InChI=1S/C13H19N5O2/c1-8(2)9-6-10(17-13(14)16-9)12(20)18-5-3-4-15-11(19)7-18/h6,8H,3-5,7H2,1-2H3,(H,15,19)(H2,14,16,17). The Hall–Kier alpha value is -2.18. The van der Waals surface area contributed by atoms with Crippen LogP contribution in [0.1, 0.15) is 42.4 Å². The Morgan fingerprint density at radius 3 is 2.90 bits per heavy atom. The maximum atomic E-state index is 12.4. The lowest BCUT2D eigenvalue weighted by molar-refractivity contribution is -0.121. The first-order chi connectivity index (χ1) is 9.47. The van der Waals surface area contributed by atoms with Crippen molar-refractivity contribution in [2.45, 2.75) is 26.2 Å². The minimum absolute atomic E-state index is 0.0553. The van der Waals surface area contributed by atoms with E-state index in [1.54, 1.807) is 6.07 Å². The molecule has 0 bridgehead atoms. The van der Waals surface area contributed by atoms with Gasteiger partial charge in [0, 0.05) is 18.8 Å². The highest BCUT2D eigenvalue weighted by atomic mass is 16.2. The zero-order chi connectivity index (χ0) is 14.7. The van der Waals surface area contributed by atoms with Gasteiger partial charge in [-0.25, -0.2) is 9.97 Å². The molecule has 1 aliphatic heterocycles. The average molecular weight is 277 g/mol. The van der Waals surface area contributed by atoms with Crippen molar-refractivity contribution in [1.82, 2.24) is 20.2 Å². The van der Waals surface area contributed by atoms with Crippen molar-refractivity contribution >= 4 is 17.8 Å². The number of nitrogens with two attached hydrogens (primary N) is 1. The Morgan fingerprint density at radius 2 is 2.20 bits per heavy atom. The van der Waals surface area contributed by atoms with Gasteiger partial charge in [-0.2, -0.15) is 0 Å². The molecule has 20 heavy (non-hydrogen) atoms. The topological polar surface area (TPSA) is 101 Å². The summed E-state index contributed by atoms with van der Waals surface area (Å²) in [6, 6.07) is 1.64. The Bertz CT molecular complexity index is 529. The van der Waals surface area contributed by atoms with E-state index in [1.165, 1.54) is 4.90 Å². The van der Waals surface area contributed by atoms with Crippen molar-refractivity contribution < 1.29 is 9.59 Å². The van der Waals surface area contributed by atoms with Crippen LogP contribution in [-0.2, 0) is 4.79 Å². The molecule has 0 atom stereocenters. The number of amides is 2. The van der Waals surface area contributed by atoms with Gasteiger partial charge in [0.2, 0.25) is 11.9 Å². The van der Waals surface area contributed by atoms with Crippen LogP contribution in [0.5, 0.6) is 0 Å². The number of nitrogen functional groups attached to an aromatic ring is 1. The van der Waals surface area contributed by atoms with Crippen molar-refractivity contribution in [3.8, 4) is 0 Å². The van der Waals surface area contributed by atoms with E-state index < -0.39 is 0 Å². The number of carbonyl (C=O) groups is 2. The SMILES string of the molecule is CC(C)c1cc(C(=O)N2CCCNC(=O)C2)nc(N)n1. The van der Waals surface area contributed by atoms with E-state index >= 15 is 0 Å². The van der Waals surface area contributed by atoms with Crippen LogP contribution < -0.4 is 11.1 Å². The third-order valence-electron chi connectivity index (χ3n) is 3.12. The first kappa shape index (κ1) is 14.2. The van der Waals surface area contributed by atoms with Crippen molar-refractivity contribution in [1.29, 1.82) is 0 Å². The van der Waals surface area contributed by atoms with Gasteiger partial charge in [-0.15, -0.1) is 0 Å². The normalized spacial score (nSPS) is 15.9. The number of rotatable bonds is 2. The summed E-state index contributed by atoms with van der Waals surface area (Å²) in [5.74, 6) is -0.196. The molecule has 1 saturated heterocycles. The van der Waals surface area contributed by atoms with Crippen molar-refractivity contribution in [2.24, 2.45) is 0 Å². The summed E-state index contributed by atoms with van der Waals surface area (Å²) in [5, 5.41) is 2.73. The van der Waals surface area contributed by atoms with E-state index in [0.29, 0.717) is 13.1 Å². The predicted molar refractivity (Wildman–Crippen MR) is 74.1 cm³/mol. The van der Waals surface area contributed by atoms with E-state index in [2.05, 4.69) is 15.3 Å². The van der Waals surface area contributed by atoms with Crippen LogP contribution in [0.2, 0.25) is 0 Å². The zero-order valence-electron chi connectivity index (χ0n) is 11.7. The fraction of sp³-hybridized carbons (Fsp3) is 0.538. The number of carbonyl (C=O) groups excluding carboxylic acids is 2. The van der Waals surface area contributed by atoms with Crippen LogP contribution in [0.25, 0.3) is 0 Å². The lowest BCUT2D eigenvalue weighted by Crippen LogP contribution is -2.37. The molecule has 0 aliphatic carbocycles. The van der Waals surface area contributed by atoms with Gasteiger partial charge in [0.1, 0.15) is 5.69 Å². The number of aromatic nitrogens is 2. The lowest BCUT2D eigenvalue weighted by Gasteiger charge is -2.19. The predicted octanol–water partition coefficient (Wildman–Crippen LogP) is 0.144. The average Bonchev–Trinajstić information content (AvgIpc) is 2.61. The number of nitrogens with zero attached hydrogens (tertiary/aromatic N) is 3. The van der Waals surface area contributed by atoms with E-state index in [0.717, 1.165) is 12.1 Å². The monoisotopic (exact) mass is 277 g/mol. The Balaban J connectivity index is 2.25. The smallest absolute Gasteiger partial charge is 0.273 e. The second-order valence-corrected chi connectivity index (χ2v) is 5.12. The fourth-order valence-corrected chi connectivity index (χ4v) is 2.03. The minimum atomic E-state index is -0.280. The number of anilines is 1. The van der Waals surface area contributed by atoms with E-state index in [-0.39, 0.29) is 35.9 Å². The van der Waals surface area contributed by atoms with Crippen LogP contribution >= 0.6 is 0 Å². The third-order valence-corrected chi connectivity index (χ3v) is 3.12. The second-order valence-electron chi connectivity index (χ2n) is 5.12. The van der Waals surface area contributed by atoms with Gasteiger partial charge < -0.3 is 16.0 Å². The molecule has 2 heterocycles. The first-order valence-electron chi connectivity index (χ1n) is 6.68. The molecule has 1 aromatic rings. The number of hydrogen-bond donors (Lipinski definition) is 2. The fourth-order valence-electron chi connectivity index (χ4n) is 2.03. The highest BCUT2D eigenvalue weighted by molar-refractivity contribution is 5.95. The molecule has 2 rings (SSSR count). The molecular weight excluding hydrogens is 258 g/mol. The molecule has 3 N–H and O–H groups in total. The van der Waals surface area contributed by atoms with Crippen LogP contribution in [0.15, 0.2) is 6.07 Å². The van der Waals surface area contributed by atoms with Crippen LogP contribution in [0.4, 0.5) is 5.95 Å². The van der Waals surface area contributed by atoms with Gasteiger partial charge in [0.05, 0.1) is 6.54 Å². The largest absolute Gasteiger partial charge is 0.368 e. The summed E-state index contributed by atoms with van der Waals surface area (Å²) in [7, 11) is 0. The lowest BCUT2D eigenvalue weighted by atomic mass is 10.1. The van der Waals surface area contributed by atoms with E-state index in [4.69, 9.17) is 5.73 Å². The van der Waals surface area contributed by atoms with Gasteiger partial charge >= 0.3 is 0 Å². The molecule has 0 spiro atoms. The van der Waals surface area contributed by atoms with Crippen LogP contribution in [-0.4, -0.2) is 46.3 Å². The Kier molecular flexibility index (Phi) is 4.16. The molecule has 1 aliphatic rings. The molecule has 0 saturated carbocycles. The highest BCUT2D eigenvalue weighted by Crippen LogP contribution is 2.15. The summed E-state index contributed by atoms with van der Waals surface area (Å²) < 4.78 is 0. The molecule has 1 aromatic heterocycles. The highest BCUT2D eigenvalue weighted by Gasteiger charge is 2.23. The van der Waals surface area contributed by atoms with Gasteiger partial charge in [0.25, 0.3) is 5.91 Å². The van der Waals surface area contributed by atoms with Crippen LogP contribution in [0, 0.1) is 0 Å². The van der Waals surface area contributed by atoms with Gasteiger partial charge in [0.15, 0.2) is 0 Å². The summed E-state index contributed by atoms with van der Waals surface area (Å²) in [4.78, 5) is 33.5. The van der Waals surface area contributed by atoms with E-state index in [1.807, 2.05) is 13.8 Å². The molecule has 0 unspecified atom stereocenters. The van der Waals surface area contributed by atoms with Gasteiger partial charge in [-0.3, -0.25) is 9.59 Å². The molecule has 0 radical (unpaired) electrons. The first-order valence-corrected chi connectivity index (χ1v) is 6.68. The van der Waals surface area contributed by atoms with Crippen molar-refractivity contribution in [3.63, 3.8) is 0 Å². The molecule has 7 heteroatoms. The molecule has 108 valence electrons. The number of hydrogen-bond acceptors (Lipinski definition) is 5. The summed E-state index contributed by atoms with van der Waals surface area (Å²) >= 11 is 0. The molecule has 1 fully saturated rings. The van der Waals surface area contributed by atoms with Gasteiger partial charge in [-0.05, 0) is 18.4 Å². The number of nitrogens with one attached hydrogen (secondary N) is 1. The molecule has 2 amide bonds. The Labute approximate surface area is 117 Å². The maximum absolute atomic E-state index is 12.4. The quantitative estimate of drug-likeness (QED) is 0.801. The Morgan fingerprint density at radius 1 is 1.45 bits per heavy atom.